The molecular weight excluding hydrogens is 338 g/mol. The molecule has 0 aromatic heterocycles. The van der Waals surface area contributed by atoms with Crippen molar-refractivity contribution in [3.8, 4) is 0 Å². The number of hydrogen-bond donors (Lipinski definition) is 2. The van der Waals surface area contributed by atoms with Crippen LogP contribution < -0.4 is 10.6 Å². The van der Waals surface area contributed by atoms with Gasteiger partial charge in [-0.3, -0.25) is 19.3 Å². The van der Waals surface area contributed by atoms with Gasteiger partial charge in [0.15, 0.2) is 0 Å². The first-order chi connectivity index (χ1) is 10.0. The third-order valence-corrected chi connectivity index (χ3v) is 3.60. The Bertz CT molecular complexity index is 589. The highest BCUT2D eigenvalue weighted by Crippen LogP contribution is 2.25. The van der Waals surface area contributed by atoms with E-state index in [-0.39, 0.29) is 12.5 Å². The average molecular weight is 354 g/mol. The van der Waals surface area contributed by atoms with Crippen LogP contribution in [-0.2, 0) is 4.79 Å². The van der Waals surface area contributed by atoms with Crippen molar-refractivity contribution in [2.45, 2.75) is 6.92 Å². The molecule has 1 aliphatic rings. The fraction of sp³-hybridized carbons (Fsp3) is 0.357. The Morgan fingerprint density at radius 2 is 1.90 bits per heavy atom. The molecule has 1 aromatic carbocycles. The van der Waals surface area contributed by atoms with Gasteiger partial charge in [-0.25, -0.2) is 0 Å². The summed E-state index contributed by atoms with van der Waals surface area (Å²) in [5.74, 6) is -1.20. The Morgan fingerprint density at radius 3 is 2.62 bits per heavy atom. The SMILES string of the molecule is CCNCCNC(=O)CN1C(=O)c2ccc(Br)cc2C1=O. The quantitative estimate of drug-likeness (QED) is 0.584. The second-order valence-electron chi connectivity index (χ2n) is 4.59. The van der Waals surface area contributed by atoms with Gasteiger partial charge in [0.25, 0.3) is 11.8 Å². The zero-order valence-corrected chi connectivity index (χ0v) is 13.2. The average Bonchev–Trinajstić information content (AvgIpc) is 2.68. The van der Waals surface area contributed by atoms with Gasteiger partial charge in [0.05, 0.1) is 11.1 Å². The first kappa shape index (κ1) is 15.7. The van der Waals surface area contributed by atoms with Crippen molar-refractivity contribution < 1.29 is 14.4 Å². The number of likely N-dealkylation sites (N-methyl/N-ethyl adjacent to an activating group) is 1. The number of halogens is 1. The molecule has 7 heteroatoms. The number of carbonyl (C=O) groups is 3. The lowest BCUT2D eigenvalue weighted by molar-refractivity contribution is -0.121. The number of nitrogens with zero attached hydrogens (tertiary/aromatic N) is 1. The van der Waals surface area contributed by atoms with Crippen LogP contribution in [0.4, 0.5) is 0 Å². The van der Waals surface area contributed by atoms with E-state index in [2.05, 4.69) is 26.6 Å². The molecule has 0 atom stereocenters. The van der Waals surface area contributed by atoms with Crippen LogP contribution in [0, 0.1) is 0 Å². The number of imide groups is 1. The van der Waals surface area contributed by atoms with E-state index in [0.29, 0.717) is 24.2 Å². The van der Waals surface area contributed by atoms with Crippen LogP contribution in [0.25, 0.3) is 0 Å². The predicted octanol–water partition coefficient (Wildman–Crippen LogP) is 0.771. The van der Waals surface area contributed by atoms with Gasteiger partial charge in [-0.1, -0.05) is 22.9 Å². The van der Waals surface area contributed by atoms with Crippen LogP contribution >= 0.6 is 15.9 Å². The number of fused-ring (bicyclic) bond motifs is 1. The molecular formula is C14H16BrN3O3. The van der Waals surface area contributed by atoms with E-state index in [1.165, 1.54) is 0 Å². The van der Waals surface area contributed by atoms with Crippen LogP contribution in [-0.4, -0.2) is 48.8 Å². The van der Waals surface area contributed by atoms with Crippen LogP contribution in [0.5, 0.6) is 0 Å². The first-order valence-electron chi connectivity index (χ1n) is 6.67. The summed E-state index contributed by atoms with van der Waals surface area (Å²) in [7, 11) is 0. The number of rotatable bonds is 6. The van der Waals surface area contributed by atoms with E-state index < -0.39 is 11.8 Å². The van der Waals surface area contributed by atoms with Gasteiger partial charge in [0.2, 0.25) is 5.91 Å². The molecule has 0 radical (unpaired) electrons. The number of nitrogens with one attached hydrogen (secondary N) is 2. The molecule has 1 heterocycles. The lowest BCUT2D eigenvalue weighted by Gasteiger charge is -2.13. The molecule has 0 aliphatic carbocycles. The van der Waals surface area contributed by atoms with Gasteiger partial charge >= 0.3 is 0 Å². The van der Waals surface area contributed by atoms with E-state index >= 15 is 0 Å². The Morgan fingerprint density at radius 1 is 1.19 bits per heavy atom. The second kappa shape index (κ2) is 6.82. The van der Waals surface area contributed by atoms with Crippen LogP contribution in [0.3, 0.4) is 0 Å². The van der Waals surface area contributed by atoms with Gasteiger partial charge in [-0.2, -0.15) is 0 Å². The van der Waals surface area contributed by atoms with Gasteiger partial charge in [0, 0.05) is 17.6 Å². The number of hydrogen-bond acceptors (Lipinski definition) is 4. The molecule has 2 N–H and O–H groups in total. The molecule has 0 saturated carbocycles. The summed E-state index contributed by atoms with van der Waals surface area (Å²) in [6.07, 6.45) is 0. The lowest BCUT2D eigenvalue weighted by Crippen LogP contribution is -2.42. The maximum absolute atomic E-state index is 12.2. The fourth-order valence-electron chi connectivity index (χ4n) is 2.07. The summed E-state index contributed by atoms with van der Waals surface area (Å²) in [5, 5.41) is 5.73. The molecule has 0 fully saturated rings. The van der Waals surface area contributed by atoms with Crippen molar-refractivity contribution in [1.29, 1.82) is 0 Å². The smallest absolute Gasteiger partial charge is 0.262 e. The third kappa shape index (κ3) is 3.48. The van der Waals surface area contributed by atoms with Crippen molar-refractivity contribution in [3.63, 3.8) is 0 Å². The van der Waals surface area contributed by atoms with E-state index in [4.69, 9.17) is 0 Å². The Hall–Kier alpha value is -1.73. The van der Waals surface area contributed by atoms with Crippen LogP contribution in [0.15, 0.2) is 22.7 Å². The first-order valence-corrected chi connectivity index (χ1v) is 7.47. The molecule has 0 spiro atoms. The number of benzene rings is 1. The minimum absolute atomic E-state index is 0.254. The highest BCUT2D eigenvalue weighted by atomic mass is 79.9. The van der Waals surface area contributed by atoms with Crippen molar-refractivity contribution in [2.24, 2.45) is 0 Å². The van der Waals surface area contributed by atoms with Crippen molar-refractivity contribution in [2.75, 3.05) is 26.2 Å². The van der Waals surface area contributed by atoms with E-state index in [0.717, 1.165) is 15.9 Å². The minimum Gasteiger partial charge on any atom is -0.353 e. The monoisotopic (exact) mass is 353 g/mol. The van der Waals surface area contributed by atoms with Crippen LogP contribution in [0.2, 0.25) is 0 Å². The molecule has 3 amide bonds. The maximum Gasteiger partial charge on any atom is 0.262 e. The topological polar surface area (TPSA) is 78.5 Å². The highest BCUT2D eigenvalue weighted by molar-refractivity contribution is 9.10. The molecule has 0 unspecified atom stereocenters. The molecule has 1 aliphatic heterocycles. The maximum atomic E-state index is 12.2. The van der Waals surface area contributed by atoms with Gasteiger partial charge in [0.1, 0.15) is 6.54 Å². The Labute approximate surface area is 131 Å². The minimum atomic E-state index is -0.432. The predicted molar refractivity (Wildman–Crippen MR) is 81.1 cm³/mol. The molecule has 2 rings (SSSR count). The third-order valence-electron chi connectivity index (χ3n) is 3.11. The number of amides is 3. The zero-order chi connectivity index (χ0) is 15.4. The van der Waals surface area contributed by atoms with E-state index in [1.807, 2.05) is 6.92 Å². The number of carbonyl (C=O) groups excluding carboxylic acids is 3. The summed E-state index contributed by atoms with van der Waals surface area (Å²) < 4.78 is 0.722. The van der Waals surface area contributed by atoms with E-state index in [1.54, 1.807) is 18.2 Å². The van der Waals surface area contributed by atoms with Crippen molar-refractivity contribution in [3.05, 3.63) is 33.8 Å². The molecule has 1 aromatic rings. The Kier molecular flexibility index (Phi) is 5.08. The fourth-order valence-corrected chi connectivity index (χ4v) is 2.43. The van der Waals surface area contributed by atoms with Gasteiger partial charge in [-0.15, -0.1) is 0 Å². The summed E-state index contributed by atoms with van der Waals surface area (Å²) in [4.78, 5) is 37.0. The Balaban J connectivity index is 1.98. The zero-order valence-electron chi connectivity index (χ0n) is 11.6. The van der Waals surface area contributed by atoms with Gasteiger partial charge in [-0.05, 0) is 24.7 Å². The van der Waals surface area contributed by atoms with Gasteiger partial charge < -0.3 is 10.6 Å². The van der Waals surface area contributed by atoms with Crippen molar-refractivity contribution in [1.82, 2.24) is 15.5 Å². The summed E-state index contributed by atoms with van der Waals surface area (Å²) in [5.41, 5.74) is 0.665. The lowest BCUT2D eigenvalue weighted by atomic mass is 10.1. The molecule has 0 bridgehead atoms. The molecule has 21 heavy (non-hydrogen) atoms. The normalized spacial score (nSPS) is 13.5. The highest BCUT2D eigenvalue weighted by Gasteiger charge is 2.36. The molecule has 112 valence electrons. The summed E-state index contributed by atoms with van der Waals surface area (Å²) in [6, 6.07) is 4.88. The molecule has 6 nitrogen and oxygen atoms in total. The second-order valence-corrected chi connectivity index (χ2v) is 5.51. The summed E-state index contributed by atoms with van der Waals surface area (Å²) in [6.45, 7) is 3.65. The van der Waals surface area contributed by atoms with Crippen LogP contribution in [0.1, 0.15) is 27.6 Å². The van der Waals surface area contributed by atoms with E-state index in [9.17, 15) is 14.4 Å². The largest absolute Gasteiger partial charge is 0.353 e. The standard InChI is InChI=1S/C14H16BrN3O3/c1-2-16-5-6-17-12(19)8-18-13(20)10-4-3-9(15)7-11(10)14(18)21/h3-4,7,16H,2,5-6,8H2,1H3,(H,17,19). The van der Waals surface area contributed by atoms with Crippen molar-refractivity contribution >= 4 is 33.7 Å². The molecule has 0 saturated heterocycles. The summed E-state index contributed by atoms with van der Waals surface area (Å²) >= 11 is 3.26.